The van der Waals surface area contributed by atoms with E-state index in [1.165, 1.54) is 10.8 Å². The lowest BCUT2D eigenvalue weighted by Crippen LogP contribution is -2.41. The molecule has 0 bridgehead atoms. The summed E-state index contributed by atoms with van der Waals surface area (Å²) in [5.74, 6) is 0. The van der Waals surface area contributed by atoms with Crippen LogP contribution in [0.3, 0.4) is 0 Å². The van der Waals surface area contributed by atoms with E-state index >= 15 is 0 Å². The number of nitrogens with zero attached hydrogens (tertiary/aromatic N) is 2. The molecule has 0 unspecified atom stereocenters. The van der Waals surface area contributed by atoms with E-state index in [0.717, 1.165) is 33.0 Å². The van der Waals surface area contributed by atoms with Crippen LogP contribution in [0.1, 0.15) is 27.7 Å². The normalized spacial score (nSPS) is 18.2. The van der Waals surface area contributed by atoms with E-state index in [4.69, 9.17) is 14.3 Å². The first kappa shape index (κ1) is 17.9. The molecule has 3 heterocycles. The summed E-state index contributed by atoms with van der Waals surface area (Å²) < 4.78 is 14.9. The van der Waals surface area contributed by atoms with Crippen molar-refractivity contribution < 1.29 is 9.31 Å². The standard InChI is InChI=1S/C25H23BN2O2/c1-24(2)25(3,4)30-26(29-24)16-13-14-18-17-9-5-6-10-19(17)23-27-20-11-7-8-12-21(20)28(23)22(18)15-16/h5-15H,1-4H3. The SMILES string of the molecule is CC1(C)OB(c2ccc3c4ccccc4c4nc5ccccc5n4c3c2)OC1(C)C. The van der Waals surface area contributed by atoms with Crippen LogP contribution in [0.25, 0.3) is 38.4 Å². The summed E-state index contributed by atoms with van der Waals surface area (Å²) in [4.78, 5) is 4.97. The highest BCUT2D eigenvalue weighted by molar-refractivity contribution is 6.62. The second-order valence-corrected chi connectivity index (χ2v) is 9.17. The van der Waals surface area contributed by atoms with Gasteiger partial charge in [-0.25, -0.2) is 4.98 Å². The van der Waals surface area contributed by atoms with E-state index in [-0.39, 0.29) is 11.2 Å². The molecule has 0 spiro atoms. The predicted molar refractivity (Wildman–Crippen MR) is 123 cm³/mol. The Morgan fingerprint density at radius 2 is 1.40 bits per heavy atom. The molecule has 148 valence electrons. The number of hydrogen-bond acceptors (Lipinski definition) is 3. The Bertz CT molecular complexity index is 1450. The first-order valence-corrected chi connectivity index (χ1v) is 10.4. The van der Waals surface area contributed by atoms with Crippen LogP contribution in [0.5, 0.6) is 0 Å². The minimum absolute atomic E-state index is 0.368. The number of aromatic nitrogens is 2. The van der Waals surface area contributed by atoms with Gasteiger partial charge in [-0.2, -0.15) is 0 Å². The summed E-state index contributed by atoms with van der Waals surface area (Å²) in [5, 5.41) is 3.56. The molecular formula is C25H23BN2O2. The molecule has 1 aliphatic rings. The maximum absolute atomic E-state index is 6.32. The van der Waals surface area contributed by atoms with Crippen molar-refractivity contribution in [2.24, 2.45) is 0 Å². The van der Waals surface area contributed by atoms with E-state index < -0.39 is 7.12 Å². The first-order valence-electron chi connectivity index (χ1n) is 10.4. The van der Waals surface area contributed by atoms with Crippen molar-refractivity contribution in [3.05, 3.63) is 66.7 Å². The molecule has 30 heavy (non-hydrogen) atoms. The van der Waals surface area contributed by atoms with E-state index in [2.05, 4.69) is 92.8 Å². The number of fused-ring (bicyclic) bond motifs is 8. The number of rotatable bonds is 1. The third-order valence-corrected chi connectivity index (χ3v) is 6.81. The summed E-state index contributed by atoms with van der Waals surface area (Å²) in [6.07, 6.45) is 0. The topological polar surface area (TPSA) is 35.8 Å². The monoisotopic (exact) mass is 394 g/mol. The molecule has 5 heteroatoms. The summed E-state index contributed by atoms with van der Waals surface area (Å²) in [6, 6.07) is 23.3. The lowest BCUT2D eigenvalue weighted by molar-refractivity contribution is 0.00578. The van der Waals surface area contributed by atoms with E-state index in [1.54, 1.807) is 0 Å². The molecule has 0 saturated carbocycles. The smallest absolute Gasteiger partial charge is 0.399 e. The van der Waals surface area contributed by atoms with Gasteiger partial charge in [0.1, 0.15) is 5.65 Å². The lowest BCUT2D eigenvalue weighted by atomic mass is 9.78. The third kappa shape index (κ3) is 2.33. The number of para-hydroxylation sites is 2. The van der Waals surface area contributed by atoms with Crippen LogP contribution in [-0.4, -0.2) is 27.7 Å². The largest absolute Gasteiger partial charge is 0.494 e. The maximum Gasteiger partial charge on any atom is 0.494 e. The van der Waals surface area contributed by atoms with Crippen LogP contribution in [0.4, 0.5) is 0 Å². The molecule has 1 fully saturated rings. The highest BCUT2D eigenvalue weighted by atomic mass is 16.7. The number of pyridine rings is 1. The molecule has 0 radical (unpaired) electrons. The molecule has 3 aromatic carbocycles. The van der Waals surface area contributed by atoms with Gasteiger partial charge in [-0.1, -0.05) is 48.5 Å². The summed E-state index contributed by atoms with van der Waals surface area (Å²) in [6.45, 7) is 8.35. The van der Waals surface area contributed by atoms with E-state index in [9.17, 15) is 0 Å². The first-order chi connectivity index (χ1) is 14.4. The Balaban J connectivity index is 1.69. The predicted octanol–water partition coefficient (Wildman–Crippen LogP) is 5.09. The second kappa shape index (κ2) is 5.84. The van der Waals surface area contributed by atoms with Gasteiger partial charge in [0.05, 0.1) is 27.8 Å². The van der Waals surface area contributed by atoms with Gasteiger partial charge in [-0.05, 0) is 56.7 Å². The number of hydrogen-bond donors (Lipinski definition) is 0. The Labute approximate surface area is 175 Å². The third-order valence-electron chi connectivity index (χ3n) is 6.81. The average molecular weight is 394 g/mol. The molecule has 0 amide bonds. The molecule has 1 aliphatic heterocycles. The van der Waals surface area contributed by atoms with E-state index in [0.29, 0.717) is 0 Å². The van der Waals surface area contributed by atoms with Crippen LogP contribution >= 0.6 is 0 Å². The Hall–Kier alpha value is -2.89. The summed E-state index contributed by atoms with van der Waals surface area (Å²) >= 11 is 0. The van der Waals surface area contributed by atoms with Crippen molar-refractivity contribution in [2.45, 2.75) is 38.9 Å². The molecule has 1 saturated heterocycles. The summed E-state index contributed by atoms with van der Waals surface area (Å²) in [7, 11) is -0.393. The molecule has 0 aliphatic carbocycles. The molecule has 4 nitrogen and oxygen atoms in total. The maximum atomic E-state index is 6.32. The van der Waals surface area contributed by atoms with Gasteiger partial charge >= 0.3 is 7.12 Å². The highest BCUT2D eigenvalue weighted by Gasteiger charge is 2.51. The van der Waals surface area contributed by atoms with Crippen molar-refractivity contribution in [1.29, 1.82) is 0 Å². The molecule has 6 rings (SSSR count). The van der Waals surface area contributed by atoms with Crippen molar-refractivity contribution in [3.63, 3.8) is 0 Å². The van der Waals surface area contributed by atoms with Gasteiger partial charge in [0, 0.05) is 10.8 Å². The van der Waals surface area contributed by atoms with Gasteiger partial charge in [0.15, 0.2) is 0 Å². The fourth-order valence-electron chi connectivity index (χ4n) is 4.45. The molecule has 0 atom stereocenters. The number of benzene rings is 3. The fraction of sp³-hybridized carbons (Fsp3) is 0.240. The van der Waals surface area contributed by atoms with Gasteiger partial charge < -0.3 is 9.31 Å². The summed E-state index contributed by atoms with van der Waals surface area (Å²) in [5.41, 5.74) is 4.48. The zero-order valence-corrected chi connectivity index (χ0v) is 17.6. The van der Waals surface area contributed by atoms with Crippen LogP contribution < -0.4 is 5.46 Å². The van der Waals surface area contributed by atoms with Crippen molar-refractivity contribution >= 4 is 50.9 Å². The van der Waals surface area contributed by atoms with Crippen molar-refractivity contribution in [1.82, 2.24) is 9.38 Å². The molecular weight excluding hydrogens is 371 g/mol. The molecule has 5 aromatic rings. The van der Waals surface area contributed by atoms with Gasteiger partial charge in [-0.3, -0.25) is 4.40 Å². The van der Waals surface area contributed by atoms with Crippen LogP contribution in [-0.2, 0) is 9.31 Å². The average Bonchev–Trinajstić information content (AvgIpc) is 3.22. The van der Waals surface area contributed by atoms with E-state index in [1.807, 2.05) is 6.07 Å². The zero-order chi connectivity index (χ0) is 20.7. The van der Waals surface area contributed by atoms with Crippen LogP contribution in [0, 0.1) is 0 Å². The quantitative estimate of drug-likeness (QED) is 0.293. The lowest BCUT2D eigenvalue weighted by Gasteiger charge is -2.32. The second-order valence-electron chi connectivity index (χ2n) is 9.17. The van der Waals surface area contributed by atoms with Crippen molar-refractivity contribution in [3.8, 4) is 0 Å². The Morgan fingerprint density at radius 1 is 0.733 bits per heavy atom. The van der Waals surface area contributed by atoms with Crippen molar-refractivity contribution in [2.75, 3.05) is 0 Å². The van der Waals surface area contributed by atoms with Gasteiger partial charge in [0.2, 0.25) is 0 Å². The molecule has 2 aromatic heterocycles. The highest BCUT2D eigenvalue weighted by Crippen LogP contribution is 2.37. The Morgan fingerprint density at radius 3 is 2.17 bits per heavy atom. The molecule has 0 N–H and O–H groups in total. The van der Waals surface area contributed by atoms with Gasteiger partial charge in [0.25, 0.3) is 0 Å². The zero-order valence-electron chi connectivity index (χ0n) is 17.6. The van der Waals surface area contributed by atoms with Crippen LogP contribution in [0.15, 0.2) is 66.7 Å². The minimum Gasteiger partial charge on any atom is -0.399 e. The minimum atomic E-state index is -0.393. The van der Waals surface area contributed by atoms with Crippen LogP contribution in [0.2, 0.25) is 0 Å². The number of imidazole rings is 1. The Kier molecular flexibility index (Phi) is 3.49. The fourth-order valence-corrected chi connectivity index (χ4v) is 4.45. The van der Waals surface area contributed by atoms with Gasteiger partial charge in [-0.15, -0.1) is 0 Å².